The summed E-state index contributed by atoms with van der Waals surface area (Å²) in [5, 5.41) is 2.84. The number of hydrogen-bond donors (Lipinski definition) is 1. The van der Waals surface area contributed by atoms with Gasteiger partial charge in [-0.3, -0.25) is 4.79 Å². The van der Waals surface area contributed by atoms with Gasteiger partial charge in [0.2, 0.25) is 5.91 Å². The summed E-state index contributed by atoms with van der Waals surface area (Å²) in [6.07, 6.45) is 6.08. The number of rotatable bonds is 4. The third kappa shape index (κ3) is 3.78. The lowest BCUT2D eigenvalue weighted by atomic mass is 10.1. The number of terminal acetylenes is 1. The largest absolute Gasteiger partial charge is 0.342 e. The average molecular weight is 215 g/mol. The van der Waals surface area contributed by atoms with Gasteiger partial charge >= 0.3 is 0 Å². The second kappa shape index (κ2) is 5.97. The summed E-state index contributed by atoms with van der Waals surface area (Å²) in [5.74, 6) is 2.57. The van der Waals surface area contributed by atoms with E-state index in [2.05, 4.69) is 11.2 Å². The number of hydrogen-bond acceptors (Lipinski definition) is 1. The van der Waals surface area contributed by atoms with E-state index < -0.39 is 0 Å². The third-order valence-electron chi connectivity index (χ3n) is 2.32. The molecule has 2 heteroatoms. The highest BCUT2D eigenvalue weighted by molar-refractivity contribution is 5.78. The molecule has 0 spiro atoms. The summed E-state index contributed by atoms with van der Waals surface area (Å²) in [6, 6.07) is 9.68. The molecule has 1 aromatic carbocycles. The zero-order valence-electron chi connectivity index (χ0n) is 9.73. The summed E-state index contributed by atoms with van der Waals surface area (Å²) in [6.45, 7) is 3.71. The van der Waals surface area contributed by atoms with E-state index in [-0.39, 0.29) is 17.9 Å². The van der Waals surface area contributed by atoms with E-state index >= 15 is 0 Å². The summed E-state index contributed by atoms with van der Waals surface area (Å²) < 4.78 is 0. The van der Waals surface area contributed by atoms with Crippen LogP contribution in [-0.4, -0.2) is 11.9 Å². The number of carbonyl (C=O) groups is 1. The molecule has 1 N–H and O–H groups in total. The van der Waals surface area contributed by atoms with Gasteiger partial charge in [-0.1, -0.05) is 50.1 Å². The highest BCUT2D eigenvalue weighted by Crippen LogP contribution is 2.03. The molecule has 0 aliphatic rings. The lowest BCUT2D eigenvalue weighted by Gasteiger charge is -2.14. The van der Waals surface area contributed by atoms with Crippen LogP contribution in [0.2, 0.25) is 0 Å². The Hall–Kier alpha value is -1.75. The summed E-state index contributed by atoms with van der Waals surface area (Å²) in [4.78, 5) is 11.5. The molecular weight excluding hydrogens is 198 g/mol. The number of amides is 1. The van der Waals surface area contributed by atoms with Crippen molar-refractivity contribution in [3.63, 3.8) is 0 Å². The minimum absolute atomic E-state index is 0.00104. The van der Waals surface area contributed by atoms with Crippen molar-refractivity contribution in [1.82, 2.24) is 5.32 Å². The van der Waals surface area contributed by atoms with E-state index in [9.17, 15) is 4.79 Å². The van der Waals surface area contributed by atoms with Crippen molar-refractivity contribution in [2.24, 2.45) is 5.92 Å². The molecule has 1 amide bonds. The Morgan fingerprint density at radius 3 is 2.50 bits per heavy atom. The molecule has 0 bridgehead atoms. The summed E-state index contributed by atoms with van der Waals surface area (Å²) >= 11 is 0. The topological polar surface area (TPSA) is 29.1 Å². The van der Waals surface area contributed by atoms with E-state index in [0.29, 0.717) is 6.42 Å². The van der Waals surface area contributed by atoms with Gasteiger partial charge in [-0.25, -0.2) is 0 Å². The van der Waals surface area contributed by atoms with Gasteiger partial charge < -0.3 is 5.32 Å². The number of carbonyl (C=O) groups excluding carboxylic acids is 1. The third-order valence-corrected chi connectivity index (χ3v) is 2.32. The second-order valence-corrected chi connectivity index (χ2v) is 4.07. The molecule has 84 valence electrons. The van der Waals surface area contributed by atoms with Crippen molar-refractivity contribution < 1.29 is 4.79 Å². The van der Waals surface area contributed by atoms with E-state index in [1.165, 1.54) is 0 Å². The lowest BCUT2D eigenvalue weighted by Crippen LogP contribution is -2.37. The lowest BCUT2D eigenvalue weighted by molar-refractivity contribution is -0.124. The normalized spacial score (nSPS) is 11.9. The first kappa shape index (κ1) is 12.3. The quantitative estimate of drug-likeness (QED) is 0.765. The first-order chi connectivity index (χ1) is 7.63. The van der Waals surface area contributed by atoms with Crippen molar-refractivity contribution in [3.8, 4) is 12.3 Å². The van der Waals surface area contributed by atoms with Crippen LogP contribution in [0.5, 0.6) is 0 Å². The van der Waals surface area contributed by atoms with Crippen molar-refractivity contribution in [1.29, 1.82) is 0 Å². The first-order valence-corrected chi connectivity index (χ1v) is 5.44. The summed E-state index contributed by atoms with van der Waals surface area (Å²) in [5.41, 5.74) is 1.13. The molecule has 0 saturated carbocycles. The molecule has 0 aliphatic heterocycles. The highest BCUT2D eigenvalue weighted by Gasteiger charge is 2.12. The average Bonchev–Trinajstić information content (AvgIpc) is 2.29. The fourth-order valence-electron chi connectivity index (χ4n) is 1.34. The molecule has 1 aromatic rings. The Labute approximate surface area is 97.1 Å². The predicted octanol–water partition coefficient (Wildman–Crippen LogP) is 2.00. The molecule has 0 aromatic heterocycles. The van der Waals surface area contributed by atoms with Gasteiger partial charge in [0.05, 0.1) is 6.04 Å². The van der Waals surface area contributed by atoms with Crippen LogP contribution >= 0.6 is 0 Å². The molecule has 1 atom stereocenters. The Kier molecular flexibility index (Phi) is 4.60. The highest BCUT2D eigenvalue weighted by atomic mass is 16.1. The Morgan fingerprint density at radius 1 is 1.38 bits per heavy atom. The molecule has 0 saturated heterocycles. The van der Waals surface area contributed by atoms with Gasteiger partial charge in [-0.15, -0.1) is 6.42 Å². The molecule has 0 radical (unpaired) electrons. The van der Waals surface area contributed by atoms with Crippen LogP contribution in [0.1, 0.15) is 19.4 Å². The van der Waals surface area contributed by atoms with Crippen LogP contribution in [0.25, 0.3) is 0 Å². The molecule has 0 heterocycles. The first-order valence-electron chi connectivity index (χ1n) is 5.44. The molecule has 16 heavy (non-hydrogen) atoms. The maximum atomic E-state index is 11.5. The standard InChI is InChI=1S/C14H17NO/c1-4-13(15-14(16)11(2)3)10-12-8-6-5-7-9-12/h1,5-9,11,13H,10H2,2-3H3,(H,15,16)/t13-/m1/s1. The van der Waals surface area contributed by atoms with E-state index in [0.717, 1.165) is 5.56 Å². The van der Waals surface area contributed by atoms with Crippen LogP contribution < -0.4 is 5.32 Å². The van der Waals surface area contributed by atoms with Crippen LogP contribution in [0.4, 0.5) is 0 Å². The van der Waals surface area contributed by atoms with Crippen LogP contribution in [-0.2, 0) is 11.2 Å². The van der Waals surface area contributed by atoms with E-state index in [4.69, 9.17) is 6.42 Å². The van der Waals surface area contributed by atoms with Crippen LogP contribution in [0.3, 0.4) is 0 Å². The Bertz CT molecular complexity index is 375. The van der Waals surface area contributed by atoms with Crippen LogP contribution in [0, 0.1) is 18.3 Å². The van der Waals surface area contributed by atoms with Gasteiger partial charge in [0.15, 0.2) is 0 Å². The van der Waals surface area contributed by atoms with Gasteiger partial charge in [-0.2, -0.15) is 0 Å². The second-order valence-electron chi connectivity index (χ2n) is 4.07. The molecule has 1 rings (SSSR count). The van der Waals surface area contributed by atoms with Gasteiger partial charge in [0, 0.05) is 12.3 Å². The molecule has 0 aliphatic carbocycles. The van der Waals surface area contributed by atoms with Crippen LogP contribution in [0.15, 0.2) is 30.3 Å². The van der Waals surface area contributed by atoms with Crippen molar-refractivity contribution in [2.45, 2.75) is 26.3 Å². The predicted molar refractivity (Wildman–Crippen MR) is 65.7 cm³/mol. The molecule has 0 fully saturated rings. The number of benzene rings is 1. The van der Waals surface area contributed by atoms with Crippen molar-refractivity contribution >= 4 is 5.91 Å². The van der Waals surface area contributed by atoms with Gasteiger partial charge in [0.1, 0.15) is 0 Å². The smallest absolute Gasteiger partial charge is 0.223 e. The summed E-state index contributed by atoms with van der Waals surface area (Å²) in [7, 11) is 0. The van der Waals surface area contributed by atoms with Crippen molar-refractivity contribution in [3.05, 3.63) is 35.9 Å². The van der Waals surface area contributed by atoms with Gasteiger partial charge in [0.25, 0.3) is 0 Å². The minimum Gasteiger partial charge on any atom is -0.342 e. The van der Waals surface area contributed by atoms with E-state index in [1.807, 2.05) is 44.2 Å². The fraction of sp³-hybridized carbons (Fsp3) is 0.357. The zero-order valence-corrected chi connectivity index (χ0v) is 9.73. The van der Waals surface area contributed by atoms with E-state index in [1.54, 1.807) is 0 Å². The molecule has 0 unspecified atom stereocenters. The Morgan fingerprint density at radius 2 is 2.00 bits per heavy atom. The SMILES string of the molecule is C#C[C@H](Cc1ccccc1)NC(=O)C(C)C. The fourth-order valence-corrected chi connectivity index (χ4v) is 1.34. The van der Waals surface area contributed by atoms with Crippen molar-refractivity contribution in [2.75, 3.05) is 0 Å². The minimum atomic E-state index is -0.225. The zero-order chi connectivity index (χ0) is 12.0. The molecular formula is C14H17NO. The Balaban J connectivity index is 2.57. The number of nitrogens with one attached hydrogen (secondary N) is 1. The monoisotopic (exact) mass is 215 g/mol. The maximum absolute atomic E-state index is 11.5. The van der Waals surface area contributed by atoms with Gasteiger partial charge in [-0.05, 0) is 5.56 Å². The maximum Gasteiger partial charge on any atom is 0.223 e. The molecule has 2 nitrogen and oxygen atoms in total.